The van der Waals surface area contributed by atoms with E-state index in [1.165, 1.54) is 55.5 Å². The van der Waals surface area contributed by atoms with Gasteiger partial charge in [-0.1, -0.05) is 0 Å². The van der Waals surface area contributed by atoms with Crippen LogP contribution in [0.25, 0.3) is 0 Å². The fourth-order valence-electron chi connectivity index (χ4n) is 15.7. The normalized spacial score (nSPS) is 11.5. The molecule has 797 valence electrons. The van der Waals surface area contributed by atoms with Crippen LogP contribution in [0, 0.1) is 17.8 Å². The van der Waals surface area contributed by atoms with Gasteiger partial charge in [-0.3, -0.25) is 95.9 Å². The third kappa shape index (κ3) is 71.8. The van der Waals surface area contributed by atoms with Crippen molar-refractivity contribution in [2.24, 2.45) is 5.41 Å². The predicted molar refractivity (Wildman–Crippen MR) is 559 cm³/mol. The number of carbonyl (C=O) groups is 22. The summed E-state index contributed by atoms with van der Waals surface area (Å²) in [5, 5.41) is 45.4. The molecule has 0 aliphatic carbocycles. The topological polar surface area (TPSA) is 592 Å². The lowest BCUT2D eigenvalue weighted by atomic mass is 8.46. The number of ketones is 4. The lowest BCUT2D eigenvalue weighted by Gasteiger charge is -2.39. The van der Waals surface area contributed by atoms with E-state index in [9.17, 15) is 117 Å². The largest absolute Gasteiger partial charge is 0.471 e. The Bertz CT molecular complexity index is 3930. The van der Waals surface area contributed by atoms with Gasteiger partial charge in [-0.15, -0.1) is 12.3 Å². The number of terminal acetylenes is 1. The van der Waals surface area contributed by atoms with Crippen molar-refractivity contribution < 1.29 is 132 Å². The van der Waals surface area contributed by atoms with Crippen molar-refractivity contribution in [2.45, 2.75) is 302 Å². The molecule has 148 heavy (non-hydrogen) atoms. The summed E-state index contributed by atoms with van der Waals surface area (Å²) in [5.74, 6) is -13.8. The van der Waals surface area contributed by atoms with Crippen molar-refractivity contribution in [3.63, 3.8) is 0 Å². The smallest absolute Gasteiger partial charge is 0.356 e. The SMILES string of the molecule is C#CCCCCC(=O)NC(CCC(=O)CC(CCC(=O)CCCNC(C)=O)(CCC(=O)NCCCC(C)=O)CCC(=O)NCCCC(C)=O)(CCC(=O)NC(CCC(=O)NCCNC(C)=O)(CCC(=O)NCCNC(C)=O)CCC(=O)NCCNC(C)=O)CCC(=O)NC(CCC(=O)NCCNC(C)=O)(CCC(=O)NCCNC(=O)C(F)(F)F)CCC(=O)NCCNC(=O)C(F)(F)F.[B][B]B([B])B(B([B])[B])B(B([B])[B])B([B])[B]. The van der Waals surface area contributed by atoms with E-state index in [0.717, 1.165) is 0 Å². The first kappa shape index (κ1) is 139. The molecule has 17 radical (unpaired) electrons. The Morgan fingerprint density at radius 3 is 0.764 bits per heavy atom. The number of Topliss-reactive ketones (excluding diaryl/α,β-unsaturated/α-hetero) is 4. The molecule has 18 N–H and O–H groups in total. The molecule has 40 nitrogen and oxygen atoms in total. The number of alkyl halides is 6. The molecule has 0 aliphatic rings. The zero-order chi connectivity index (χ0) is 113. The molecule has 0 fully saturated rings. The van der Waals surface area contributed by atoms with Crippen molar-refractivity contribution in [2.75, 3.05) is 98.2 Å². The van der Waals surface area contributed by atoms with Gasteiger partial charge in [0.25, 0.3) is 0 Å². The van der Waals surface area contributed by atoms with Crippen molar-refractivity contribution in [1.82, 2.24) is 95.7 Å². The highest BCUT2D eigenvalue weighted by Gasteiger charge is 2.44. The van der Waals surface area contributed by atoms with E-state index in [1.54, 1.807) is 10.6 Å². The van der Waals surface area contributed by atoms with Crippen LogP contribution in [-0.2, 0) is 105 Å². The van der Waals surface area contributed by atoms with E-state index < -0.39 is 308 Å². The molecule has 0 rings (SSSR count). The fraction of sp³-hybridized carbons (Fsp3) is 0.724. The summed E-state index contributed by atoms with van der Waals surface area (Å²) in [6.45, 7) is 5.97. The summed E-state index contributed by atoms with van der Waals surface area (Å²) in [6, 6.07) is 0. The maximum absolute atomic E-state index is 15.7. The third-order valence-corrected chi connectivity index (χ3v) is 23.8. The highest BCUT2D eigenvalue weighted by atomic mass is 19.4. The van der Waals surface area contributed by atoms with Crippen molar-refractivity contribution in [3.05, 3.63) is 0 Å². The minimum absolute atomic E-state index is 0.00883. The second-order valence-electron chi connectivity index (χ2n) is 36.7. The lowest BCUT2D eigenvalue weighted by Crippen LogP contribution is -2.73. The van der Waals surface area contributed by atoms with Crippen LogP contribution in [0.5, 0.6) is 0 Å². The standard InChI is InChI=1S/C87H140F6N18O22.B15/c1-9-10-11-12-19-77(129)109-83(35-21-68(120)59-82(32-20-67(119)18-15-44-94-62(4)114,33-22-69(121)99-45-13-16-60(2)112)34-23-70(122)100-46-14-17-61(3)113,42-30-78(130)110-84(36-24-71(123)101-51-47-95-63(5)115,37-25-72(124)102-52-48-96-64(6)116)38-26-73(125)103-53-49-97-65(7)117)43-31-79(131)111-85(39-27-74(126)104-54-50-98-66(8)118,40-28-75(127)105-55-57-107-80(132)86(88,89)90)41-29-76(128)106-56-58-108-81(133)87(91,92)93;1-9-13(8)15(12(6)7)14(10(2)3)11(4)5/h1H,10-59H2,2-8H3,(H,94,114)(H,95,115)(H,96,116)(H,97,117)(H,98,118)(H,99,121)(H,100,122)(H,101,123)(H,102,124)(H,103,125)(H,104,126)(H,105,127)(H,106,128)(H,107,132)(H,108,133)(H,109,129)(H,110,130)(H,111,131);. The minimum atomic E-state index is -5.31. The zero-order valence-corrected chi connectivity index (χ0v) is 86.3. The van der Waals surface area contributed by atoms with E-state index >= 15 is 14.4 Å². The van der Waals surface area contributed by atoms with Gasteiger partial charge in [-0.25, -0.2) is 0 Å². The molecule has 1 unspecified atom stereocenters. The van der Waals surface area contributed by atoms with E-state index in [4.69, 9.17) is 68.3 Å². The Morgan fingerprint density at radius 1 is 0.264 bits per heavy atom. The number of unbranched alkanes of at least 4 members (excludes halogenated alkanes) is 2. The van der Waals surface area contributed by atoms with Crippen LogP contribution < -0.4 is 95.7 Å². The molecule has 0 aliphatic heterocycles. The van der Waals surface area contributed by atoms with Gasteiger partial charge >= 0.3 is 24.2 Å². The van der Waals surface area contributed by atoms with Crippen LogP contribution in [0.1, 0.15) is 273 Å². The summed E-state index contributed by atoms with van der Waals surface area (Å²) in [6.07, 6.45) is -18.8. The second kappa shape index (κ2) is 77.6. The molecule has 0 aromatic rings. The number of nitrogens with one attached hydrogen (secondary N) is 18. The van der Waals surface area contributed by atoms with Gasteiger partial charge in [0, 0.05) is 372 Å². The molecule has 18 amide bonds. The third-order valence-electron chi connectivity index (χ3n) is 23.8. The molecule has 0 aromatic carbocycles. The molecule has 0 aromatic heterocycles. The van der Waals surface area contributed by atoms with Crippen molar-refractivity contribution >= 4 is 237 Å². The number of halogens is 6. The van der Waals surface area contributed by atoms with Crippen molar-refractivity contribution in [3.8, 4) is 12.3 Å². The monoisotopic (exact) mass is 2070 g/mol. The number of rotatable bonds is 81. The Kier molecular flexibility index (Phi) is 73.0. The first-order valence-corrected chi connectivity index (χ1v) is 49.6. The Hall–Kier alpha value is -10.7. The molecule has 0 saturated carbocycles. The molecule has 1 atom stereocenters. The molecular weight excluding hydrogens is 1930 g/mol. The maximum atomic E-state index is 15.7. The van der Waals surface area contributed by atoms with E-state index in [1.807, 2.05) is 0 Å². The van der Waals surface area contributed by atoms with Gasteiger partial charge in [0.15, 0.2) is 0 Å². The van der Waals surface area contributed by atoms with Crippen LogP contribution in [0.3, 0.4) is 0 Å². The summed E-state index contributed by atoms with van der Waals surface area (Å²) in [7, 11) is 45.8. The number of hydrogen-bond acceptors (Lipinski definition) is 22. The van der Waals surface area contributed by atoms with Gasteiger partial charge < -0.3 is 105 Å². The summed E-state index contributed by atoms with van der Waals surface area (Å²) in [4.78, 5) is 292. The van der Waals surface area contributed by atoms with Crippen LogP contribution >= 0.6 is 0 Å². The fourth-order valence-corrected chi connectivity index (χ4v) is 15.7. The van der Waals surface area contributed by atoms with Crippen LogP contribution in [0.4, 0.5) is 26.3 Å². The molecule has 0 saturated heterocycles. The quantitative estimate of drug-likeness (QED) is 0.0118. The molecular formula is C87H140B15F6N18O22. The molecule has 0 heterocycles. The van der Waals surface area contributed by atoms with E-state index in [2.05, 4.69) is 91.0 Å². The van der Waals surface area contributed by atoms with Crippen LogP contribution in [0.2, 0.25) is 0 Å². The van der Waals surface area contributed by atoms with Crippen LogP contribution in [-0.4, -0.2) is 364 Å². The van der Waals surface area contributed by atoms with Gasteiger partial charge in [0.2, 0.25) is 94.5 Å². The number of hydrogen-bond donors (Lipinski definition) is 18. The molecule has 0 spiro atoms. The molecule has 61 heteroatoms. The number of carbonyl (C=O) groups excluding carboxylic acids is 22. The first-order chi connectivity index (χ1) is 69.3. The van der Waals surface area contributed by atoms with Crippen molar-refractivity contribution in [1.29, 1.82) is 0 Å². The first-order valence-electron chi connectivity index (χ1n) is 49.6. The van der Waals surface area contributed by atoms with E-state index in [0.29, 0.717) is 0 Å². The lowest BCUT2D eigenvalue weighted by molar-refractivity contribution is -0.173. The summed E-state index contributed by atoms with van der Waals surface area (Å²) >= 11 is 0. The average molecular weight is 2070 g/mol. The summed E-state index contributed by atoms with van der Waals surface area (Å²) in [5.41, 5.74) is -7.05. The Labute approximate surface area is 877 Å². The summed E-state index contributed by atoms with van der Waals surface area (Å²) < 4.78 is 79.0. The van der Waals surface area contributed by atoms with Gasteiger partial charge in [-0.05, 0) is 128 Å². The average Bonchev–Trinajstić information content (AvgIpc) is 0.821. The van der Waals surface area contributed by atoms with Gasteiger partial charge in [0.1, 0.15) is 23.1 Å². The van der Waals surface area contributed by atoms with E-state index in [-0.39, 0.29) is 217 Å². The highest BCUT2D eigenvalue weighted by molar-refractivity contribution is 8.12. The maximum Gasteiger partial charge on any atom is 0.471 e. The minimum Gasteiger partial charge on any atom is -0.356 e. The highest BCUT2D eigenvalue weighted by Crippen LogP contribution is 2.41. The zero-order valence-electron chi connectivity index (χ0n) is 86.3. The number of amides is 18. The van der Waals surface area contributed by atoms with Gasteiger partial charge in [0.05, 0.1) is 0 Å². The predicted octanol–water partition coefficient (Wildman–Crippen LogP) is -4.60. The second-order valence-corrected chi connectivity index (χ2v) is 36.7. The Morgan fingerprint density at radius 2 is 0.493 bits per heavy atom. The van der Waals surface area contributed by atoms with Gasteiger partial charge in [-0.2, -0.15) is 26.3 Å². The van der Waals surface area contributed by atoms with Crippen LogP contribution in [0.15, 0.2) is 0 Å². The Balaban J connectivity index is 0. The molecule has 0 bridgehead atoms.